The molecular formula is C26H35N3O5. The van der Waals surface area contributed by atoms with Crippen LogP contribution >= 0.6 is 0 Å². The van der Waals surface area contributed by atoms with Crippen molar-refractivity contribution in [1.82, 2.24) is 15.2 Å². The summed E-state index contributed by atoms with van der Waals surface area (Å²) in [5, 5.41) is 13.4. The van der Waals surface area contributed by atoms with Crippen molar-refractivity contribution in [2.75, 3.05) is 40.0 Å². The lowest BCUT2D eigenvalue weighted by Gasteiger charge is -2.44. The maximum atomic E-state index is 12.2. The van der Waals surface area contributed by atoms with Gasteiger partial charge in [-0.2, -0.15) is 0 Å². The van der Waals surface area contributed by atoms with E-state index in [1.54, 1.807) is 19.5 Å². The third-order valence-electron chi connectivity index (χ3n) is 6.46. The highest BCUT2D eigenvalue weighted by Crippen LogP contribution is 2.29. The number of carbonyl (C=O) groups is 1. The van der Waals surface area contributed by atoms with Gasteiger partial charge >= 0.3 is 0 Å². The van der Waals surface area contributed by atoms with Crippen LogP contribution in [0.1, 0.15) is 24.8 Å². The second-order valence-electron chi connectivity index (χ2n) is 9.05. The molecule has 2 aromatic rings. The van der Waals surface area contributed by atoms with E-state index in [9.17, 15) is 9.90 Å². The lowest BCUT2D eigenvalue weighted by atomic mass is 9.94. The van der Waals surface area contributed by atoms with E-state index >= 15 is 0 Å². The van der Waals surface area contributed by atoms with Crippen molar-refractivity contribution in [2.45, 2.75) is 50.2 Å². The van der Waals surface area contributed by atoms with Crippen LogP contribution in [-0.4, -0.2) is 85.3 Å². The van der Waals surface area contributed by atoms with Crippen LogP contribution in [-0.2, 0) is 25.5 Å². The van der Waals surface area contributed by atoms with E-state index in [0.717, 1.165) is 24.0 Å². The van der Waals surface area contributed by atoms with Crippen molar-refractivity contribution in [2.24, 2.45) is 0 Å². The number of fused-ring (bicyclic) bond motifs is 1. The first-order valence-corrected chi connectivity index (χ1v) is 12.0. The number of β-amino-alcohol motifs (C(OH)–C–C–N with tert-alkyl or cyclic N) is 1. The molecule has 4 rings (SSSR count). The van der Waals surface area contributed by atoms with Gasteiger partial charge in [0, 0.05) is 45.2 Å². The van der Waals surface area contributed by atoms with Crippen LogP contribution in [0.25, 0.3) is 11.1 Å². The maximum Gasteiger partial charge on any atom is 0.222 e. The van der Waals surface area contributed by atoms with Crippen LogP contribution in [0, 0.1) is 0 Å². The summed E-state index contributed by atoms with van der Waals surface area (Å²) in [7, 11) is 1.61. The van der Waals surface area contributed by atoms with Crippen LogP contribution in [0.3, 0.4) is 0 Å². The fourth-order valence-electron chi connectivity index (χ4n) is 4.83. The number of methoxy groups -OCH3 is 1. The molecule has 2 N–H and O–H groups in total. The third kappa shape index (κ3) is 6.84. The number of carbonyl (C=O) groups excluding carboxylic acids is 1. The normalized spacial score (nSPS) is 25.7. The van der Waals surface area contributed by atoms with Gasteiger partial charge in [-0.15, -0.1) is 0 Å². The molecule has 8 nitrogen and oxygen atoms in total. The number of hydrogen-bond donors (Lipinski definition) is 2. The summed E-state index contributed by atoms with van der Waals surface area (Å²) in [6.45, 7) is 2.92. The first-order chi connectivity index (χ1) is 16.6. The van der Waals surface area contributed by atoms with Crippen molar-refractivity contribution in [3.63, 3.8) is 0 Å². The summed E-state index contributed by atoms with van der Waals surface area (Å²) in [6.07, 6.45) is 4.81. The van der Waals surface area contributed by atoms with E-state index in [0.29, 0.717) is 39.3 Å². The van der Waals surface area contributed by atoms with Gasteiger partial charge in [-0.05, 0) is 47.7 Å². The minimum Gasteiger partial charge on any atom is -0.389 e. The van der Waals surface area contributed by atoms with Crippen LogP contribution in [0.15, 0.2) is 48.8 Å². The van der Waals surface area contributed by atoms with Crippen molar-refractivity contribution in [1.29, 1.82) is 0 Å². The van der Waals surface area contributed by atoms with Crippen LogP contribution in [0.5, 0.6) is 0 Å². The van der Waals surface area contributed by atoms with Crippen LogP contribution in [0.2, 0.25) is 0 Å². The Morgan fingerprint density at radius 3 is 2.88 bits per heavy atom. The van der Waals surface area contributed by atoms with E-state index < -0.39 is 6.10 Å². The van der Waals surface area contributed by atoms with Crippen molar-refractivity contribution < 1.29 is 24.1 Å². The molecule has 0 unspecified atom stereocenters. The monoisotopic (exact) mass is 469 g/mol. The molecule has 2 saturated heterocycles. The molecule has 2 aliphatic rings. The average Bonchev–Trinajstić information content (AvgIpc) is 2.84. The van der Waals surface area contributed by atoms with Gasteiger partial charge in [-0.25, -0.2) is 0 Å². The number of rotatable bonds is 8. The topological polar surface area (TPSA) is 93.2 Å². The smallest absolute Gasteiger partial charge is 0.222 e. The fourth-order valence-corrected chi connectivity index (χ4v) is 4.83. The molecule has 3 heterocycles. The molecule has 2 fully saturated rings. The van der Waals surface area contributed by atoms with Gasteiger partial charge in [-0.1, -0.05) is 18.2 Å². The van der Waals surface area contributed by atoms with Gasteiger partial charge in [0.15, 0.2) is 0 Å². The SMILES string of the molecule is COCCNC(=O)C[C@@H]1CC[C@H]2[C@@H](COC[C@H](O)CN2Cc2cccc(-c3ccncc3)c2)O1. The molecule has 0 bridgehead atoms. The highest BCUT2D eigenvalue weighted by Gasteiger charge is 2.38. The van der Waals surface area contributed by atoms with E-state index in [-0.39, 0.29) is 30.8 Å². The fraction of sp³-hybridized carbons (Fsp3) is 0.538. The van der Waals surface area contributed by atoms with Gasteiger partial charge in [0.2, 0.25) is 5.91 Å². The van der Waals surface area contributed by atoms with Crippen LogP contribution in [0.4, 0.5) is 0 Å². The number of aromatic nitrogens is 1. The number of nitrogens with zero attached hydrogens (tertiary/aromatic N) is 2. The molecule has 4 atom stereocenters. The number of aliphatic hydroxyl groups is 1. The van der Waals surface area contributed by atoms with Crippen molar-refractivity contribution in [3.05, 3.63) is 54.4 Å². The van der Waals surface area contributed by atoms with Crippen molar-refractivity contribution >= 4 is 5.91 Å². The molecule has 2 aliphatic heterocycles. The van der Waals surface area contributed by atoms with Gasteiger partial charge in [0.1, 0.15) is 0 Å². The van der Waals surface area contributed by atoms with Gasteiger partial charge in [-0.3, -0.25) is 14.7 Å². The van der Waals surface area contributed by atoms with E-state index in [1.165, 1.54) is 5.56 Å². The zero-order chi connectivity index (χ0) is 23.8. The van der Waals surface area contributed by atoms with E-state index in [2.05, 4.69) is 39.5 Å². The molecule has 0 aliphatic carbocycles. The largest absolute Gasteiger partial charge is 0.389 e. The Labute approximate surface area is 201 Å². The molecule has 1 aromatic carbocycles. The molecule has 0 saturated carbocycles. The third-order valence-corrected chi connectivity index (χ3v) is 6.46. The predicted octanol–water partition coefficient (Wildman–Crippen LogP) is 2.01. The number of pyridine rings is 1. The number of aliphatic hydroxyl groups excluding tert-OH is 1. The standard InChI is InChI=1S/C26H35N3O5/c1-32-12-11-28-26(31)14-23-5-6-24-25(34-23)18-33-17-22(30)16-29(24)15-19-3-2-4-21(13-19)20-7-9-27-10-8-20/h2-4,7-10,13,22-25,30H,5-6,11-12,14-18H2,1H3,(H,28,31)/t22-,23+,24+,25-/m1/s1. The zero-order valence-electron chi connectivity index (χ0n) is 19.8. The Morgan fingerprint density at radius 2 is 2.06 bits per heavy atom. The summed E-state index contributed by atoms with van der Waals surface area (Å²) >= 11 is 0. The first-order valence-electron chi connectivity index (χ1n) is 12.0. The average molecular weight is 470 g/mol. The Balaban J connectivity index is 1.42. The summed E-state index contributed by atoms with van der Waals surface area (Å²) in [5.41, 5.74) is 3.46. The Bertz CT molecular complexity index is 912. The zero-order valence-corrected chi connectivity index (χ0v) is 19.8. The molecule has 0 radical (unpaired) electrons. The molecule has 184 valence electrons. The number of hydrogen-bond acceptors (Lipinski definition) is 7. The second kappa shape index (κ2) is 12.4. The number of nitrogens with one attached hydrogen (secondary N) is 1. The Hall–Kier alpha value is -2.36. The molecule has 0 spiro atoms. The molecule has 1 amide bonds. The first kappa shape index (κ1) is 24.8. The molecule has 34 heavy (non-hydrogen) atoms. The minimum atomic E-state index is -0.548. The Kier molecular flexibility index (Phi) is 9.01. The summed E-state index contributed by atoms with van der Waals surface area (Å²) in [5.74, 6) is -0.0209. The van der Waals surface area contributed by atoms with Crippen molar-refractivity contribution in [3.8, 4) is 11.1 Å². The summed E-state index contributed by atoms with van der Waals surface area (Å²) in [4.78, 5) is 18.7. The lowest BCUT2D eigenvalue weighted by Crippen LogP contribution is -2.55. The Morgan fingerprint density at radius 1 is 1.21 bits per heavy atom. The van der Waals surface area contributed by atoms with E-state index in [4.69, 9.17) is 14.2 Å². The summed E-state index contributed by atoms with van der Waals surface area (Å²) in [6, 6.07) is 12.6. The highest BCUT2D eigenvalue weighted by molar-refractivity contribution is 5.76. The molecular weight excluding hydrogens is 434 g/mol. The highest BCUT2D eigenvalue weighted by atomic mass is 16.5. The predicted molar refractivity (Wildman–Crippen MR) is 128 cm³/mol. The number of benzene rings is 1. The van der Waals surface area contributed by atoms with Gasteiger partial charge in [0.25, 0.3) is 0 Å². The quantitative estimate of drug-likeness (QED) is 0.572. The molecule has 8 heteroatoms. The van der Waals surface area contributed by atoms with E-state index in [1.807, 2.05) is 12.1 Å². The molecule has 1 aromatic heterocycles. The minimum absolute atomic E-state index is 0.0209. The van der Waals surface area contributed by atoms with Gasteiger partial charge in [0.05, 0.1) is 44.6 Å². The maximum absolute atomic E-state index is 12.2. The van der Waals surface area contributed by atoms with Gasteiger partial charge < -0.3 is 24.6 Å². The second-order valence-corrected chi connectivity index (χ2v) is 9.05. The lowest BCUT2D eigenvalue weighted by molar-refractivity contribution is -0.158. The number of amides is 1. The van der Waals surface area contributed by atoms with Crippen LogP contribution < -0.4 is 5.32 Å². The number of ether oxygens (including phenoxy) is 3. The summed E-state index contributed by atoms with van der Waals surface area (Å²) < 4.78 is 17.1.